The summed E-state index contributed by atoms with van der Waals surface area (Å²) in [6, 6.07) is 13.8. The monoisotopic (exact) mass is 1050 g/mol. The van der Waals surface area contributed by atoms with Crippen LogP contribution in [0.15, 0.2) is 59.0 Å². The number of thiophene rings is 1. The SMILES string of the molecule is Cc1ncsc1-c1ccc([C@H](C)NC(=O)[C@@H]2C[C@@H](O)CN2C(=O)[C@@H](NC(=O)CN2CCC(N3C[C@@H]4C[C@H]3CN4C(=O)C[C@@H]3N=C(c4ccc(Cl)cc4)c4c(sc(C)c4C)-n4c(C)nnc43)CC2)C(C)(C)C)cc1. The van der Waals surface area contributed by atoms with Crippen LogP contribution in [-0.4, -0.2) is 149 Å². The van der Waals surface area contributed by atoms with Gasteiger partial charge in [0, 0.05) is 78.3 Å². The summed E-state index contributed by atoms with van der Waals surface area (Å²) in [5, 5.41) is 27.7. The van der Waals surface area contributed by atoms with Gasteiger partial charge in [0.15, 0.2) is 5.82 Å². The van der Waals surface area contributed by atoms with Gasteiger partial charge in [0.1, 0.15) is 29.0 Å². The van der Waals surface area contributed by atoms with Gasteiger partial charge in [-0.1, -0.05) is 68.8 Å². The fourth-order valence-corrected chi connectivity index (χ4v) is 13.9. The summed E-state index contributed by atoms with van der Waals surface area (Å²) in [4.78, 5) is 76.7. The molecule has 4 amide bonds. The highest BCUT2D eigenvalue weighted by Gasteiger charge is 2.49. The Bertz CT molecular complexity index is 2940. The molecule has 0 aliphatic carbocycles. The van der Waals surface area contributed by atoms with Crippen LogP contribution in [0.1, 0.15) is 116 Å². The van der Waals surface area contributed by atoms with E-state index in [-0.39, 0.29) is 67.7 Å². The molecule has 0 radical (unpaired) electrons. The number of hydrogen-bond acceptors (Lipinski definition) is 13. The van der Waals surface area contributed by atoms with E-state index in [1.807, 2.05) is 95.6 Å². The molecule has 5 aromatic rings. The Balaban J connectivity index is 0.727. The Hall–Kier alpha value is -5.37. The molecular weight excluding hydrogens is 982 g/mol. The van der Waals surface area contributed by atoms with Crippen molar-refractivity contribution in [2.45, 2.75) is 136 Å². The van der Waals surface area contributed by atoms with Crippen molar-refractivity contribution in [2.24, 2.45) is 10.4 Å². The molecule has 5 aliphatic rings. The van der Waals surface area contributed by atoms with Crippen molar-refractivity contribution >= 4 is 63.6 Å². The van der Waals surface area contributed by atoms with Crippen LogP contribution in [0.2, 0.25) is 5.02 Å². The molecule has 3 N–H and O–H groups in total. The Morgan fingerprint density at radius 3 is 2.23 bits per heavy atom. The molecule has 5 aliphatic heterocycles. The number of thiazole rings is 1. The Labute approximate surface area is 440 Å². The van der Waals surface area contributed by atoms with E-state index in [0.717, 1.165) is 93.8 Å². The first-order valence-corrected chi connectivity index (χ1v) is 27.6. The summed E-state index contributed by atoms with van der Waals surface area (Å²) in [6.45, 7) is 18.9. The third kappa shape index (κ3) is 10.1. The number of carbonyl (C=O) groups excluding carboxylic acids is 4. The van der Waals surface area contributed by atoms with E-state index in [1.165, 1.54) is 9.78 Å². The number of piperazine rings is 1. The van der Waals surface area contributed by atoms with Crippen LogP contribution in [0.25, 0.3) is 15.4 Å². The van der Waals surface area contributed by atoms with Crippen LogP contribution in [0, 0.1) is 33.1 Å². The largest absolute Gasteiger partial charge is 0.391 e. The summed E-state index contributed by atoms with van der Waals surface area (Å²) in [5.41, 5.74) is 8.07. The van der Waals surface area contributed by atoms with Crippen molar-refractivity contribution in [3.05, 3.63) is 104 Å². The standard InChI is InChI=1S/C54H66ClN11O5S2/c1-29-32(4)73-53-46(29)47(35-13-15-37(55)16-14-35)58-42(50-61-60-33(5)66(50)53)23-45(69)64-25-39-21-40(64)24-63(39)38-17-19-62(20-18-38)27-44(68)59-49(54(6,7)8)52(71)65-26-41(67)22-43(65)51(70)57-30(2)34-9-11-36(12-10-34)48-31(3)56-28-72-48/h9-16,28,30,38-43,49,67H,17-27H2,1-8H3,(H,57,70)(H,59,68)/t30-,39-,40-,41+,42-,43-,49+/m0/s1. The molecule has 0 unspecified atom stereocenters. The third-order valence-electron chi connectivity index (χ3n) is 15.8. The average molecular weight is 1050 g/mol. The van der Waals surface area contributed by atoms with Crippen LogP contribution in [0.4, 0.5) is 0 Å². The number of fused-ring (bicyclic) bond motifs is 5. The number of aliphatic hydroxyl groups is 1. The van der Waals surface area contributed by atoms with Gasteiger partial charge < -0.3 is 25.5 Å². The molecule has 16 nitrogen and oxygen atoms in total. The maximum Gasteiger partial charge on any atom is 0.246 e. The number of aromatic nitrogens is 4. The highest BCUT2D eigenvalue weighted by atomic mass is 35.5. The second kappa shape index (κ2) is 20.4. The number of rotatable bonds is 12. The van der Waals surface area contributed by atoms with E-state index in [9.17, 15) is 24.3 Å². The third-order valence-corrected chi connectivity index (χ3v) is 18.2. The molecule has 4 fully saturated rings. The van der Waals surface area contributed by atoms with Crippen LogP contribution in [0.5, 0.6) is 0 Å². The smallest absolute Gasteiger partial charge is 0.246 e. The molecule has 0 saturated carbocycles. The zero-order valence-corrected chi connectivity index (χ0v) is 45.3. The fraction of sp³-hybridized carbons (Fsp3) is 0.519. The average Bonchev–Trinajstić information content (AvgIpc) is 4.24. The van der Waals surface area contributed by atoms with Gasteiger partial charge in [0.25, 0.3) is 0 Å². The second-order valence-corrected chi connectivity index (χ2v) is 24.3. The lowest BCUT2D eigenvalue weighted by atomic mass is 9.85. The van der Waals surface area contributed by atoms with Crippen molar-refractivity contribution < 1.29 is 24.3 Å². The van der Waals surface area contributed by atoms with Crippen LogP contribution >= 0.6 is 34.3 Å². The number of piperidine rings is 1. The van der Waals surface area contributed by atoms with Crippen LogP contribution < -0.4 is 10.6 Å². The first-order valence-electron chi connectivity index (χ1n) is 25.6. The predicted molar refractivity (Wildman–Crippen MR) is 284 cm³/mol. The number of nitrogens with zero attached hydrogens (tertiary/aromatic N) is 9. The summed E-state index contributed by atoms with van der Waals surface area (Å²) in [5.74, 6) is 0.539. The van der Waals surface area contributed by atoms with E-state index >= 15 is 0 Å². The summed E-state index contributed by atoms with van der Waals surface area (Å²) in [6.07, 6.45) is 2.16. The Morgan fingerprint density at radius 1 is 0.863 bits per heavy atom. The number of aryl methyl sites for hydroxylation is 3. The summed E-state index contributed by atoms with van der Waals surface area (Å²) < 4.78 is 2.09. The first-order chi connectivity index (χ1) is 34.8. The zero-order chi connectivity index (χ0) is 51.6. The minimum absolute atomic E-state index is 0.00909. The molecule has 19 heteroatoms. The van der Waals surface area contributed by atoms with Crippen molar-refractivity contribution in [2.75, 3.05) is 39.3 Å². The molecule has 8 heterocycles. The van der Waals surface area contributed by atoms with Gasteiger partial charge in [-0.3, -0.25) is 38.5 Å². The molecule has 10 rings (SSSR count). The maximum atomic E-state index is 14.4. The van der Waals surface area contributed by atoms with Gasteiger partial charge in [-0.25, -0.2) is 4.98 Å². The van der Waals surface area contributed by atoms with Crippen molar-refractivity contribution in [1.82, 2.24) is 50.0 Å². The van der Waals surface area contributed by atoms with Gasteiger partial charge in [0.05, 0.1) is 46.9 Å². The highest BCUT2D eigenvalue weighted by molar-refractivity contribution is 7.15. The fourth-order valence-electron chi connectivity index (χ4n) is 11.7. The Morgan fingerprint density at radius 2 is 1.58 bits per heavy atom. The molecular formula is C54H66ClN11O5S2. The second-order valence-electron chi connectivity index (χ2n) is 21.8. The number of carbonyl (C=O) groups is 4. The van der Waals surface area contributed by atoms with Gasteiger partial charge >= 0.3 is 0 Å². The van der Waals surface area contributed by atoms with E-state index in [2.05, 4.69) is 58.9 Å². The molecule has 3 aromatic heterocycles. The normalized spacial score (nSPS) is 23.2. The lowest BCUT2D eigenvalue weighted by molar-refractivity contribution is -0.144. The number of halogens is 1. The molecule has 386 valence electrons. The lowest BCUT2D eigenvalue weighted by Crippen LogP contribution is -2.59. The number of β-amino-alcohol motifs (C(OH)–C–C–N with tert-alkyl or cyclic N) is 1. The Kier molecular flexibility index (Phi) is 14.3. The lowest BCUT2D eigenvalue weighted by Gasteiger charge is -2.42. The number of likely N-dealkylation sites (tertiary alicyclic amines) is 4. The number of benzene rings is 2. The van der Waals surface area contributed by atoms with E-state index < -0.39 is 29.6 Å². The zero-order valence-electron chi connectivity index (χ0n) is 42.9. The van der Waals surface area contributed by atoms with Gasteiger partial charge in [-0.05, 0) is 88.1 Å². The molecule has 4 saturated heterocycles. The summed E-state index contributed by atoms with van der Waals surface area (Å²) in [7, 11) is 0. The predicted octanol–water partition coefficient (Wildman–Crippen LogP) is 6.74. The highest BCUT2D eigenvalue weighted by Crippen LogP contribution is 2.42. The molecule has 7 atom stereocenters. The molecule has 73 heavy (non-hydrogen) atoms. The van der Waals surface area contributed by atoms with E-state index in [0.29, 0.717) is 23.4 Å². The topological polar surface area (TPSA) is 181 Å². The number of aliphatic imine (C=N–C) groups is 1. The molecule has 0 spiro atoms. The molecule has 2 aromatic carbocycles. The summed E-state index contributed by atoms with van der Waals surface area (Å²) >= 11 is 9.60. The number of amides is 4. The molecule has 2 bridgehead atoms. The van der Waals surface area contributed by atoms with E-state index in [4.69, 9.17) is 16.6 Å². The van der Waals surface area contributed by atoms with Crippen LogP contribution in [-0.2, 0) is 19.2 Å². The number of aliphatic hydroxyl groups excluding tert-OH is 1. The minimum atomic E-state index is -0.909. The van der Waals surface area contributed by atoms with Gasteiger partial charge in [-0.2, -0.15) is 0 Å². The quantitative estimate of drug-likeness (QED) is 0.121. The van der Waals surface area contributed by atoms with Crippen molar-refractivity contribution in [3.63, 3.8) is 0 Å². The minimum Gasteiger partial charge on any atom is -0.391 e. The van der Waals surface area contributed by atoms with E-state index in [1.54, 1.807) is 22.7 Å². The van der Waals surface area contributed by atoms with Gasteiger partial charge in [0.2, 0.25) is 23.6 Å². The maximum absolute atomic E-state index is 14.4. The van der Waals surface area contributed by atoms with Crippen LogP contribution in [0.3, 0.4) is 0 Å². The van der Waals surface area contributed by atoms with Crippen molar-refractivity contribution in [1.29, 1.82) is 0 Å². The number of nitrogens with one attached hydrogen (secondary N) is 2. The van der Waals surface area contributed by atoms with Gasteiger partial charge in [-0.15, -0.1) is 32.9 Å². The first kappa shape index (κ1) is 51.1. The number of hydrogen-bond donors (Lipinski definition) is 3. The van der Waals surface area contributed by atoms with Crippen molar-refractivity contribution in [3.8, 4) is 15.4 Å².